The number of benzene rings is 1. The van der Waals surface area contributed by atoms with Crippen LogP contribution in [0.3, 0.4) is 0 Å². The zero-order chi connectivity index (χ0) is 14.1. The van der Waals surface area contributed by atoms with E-state index in [-0.39, 0.29) is 5.92 Å². The van der Waals surface area contributed by atoms with Crippen LogP contribution in [0, 0.1) is 0 Å². The molecule has 3 rings (SSSR count). The van der Waals surface area contributed by atoms with E-state index in [1.807, 2.05) is 12.1 Å². The molecule has 2 N–H and O–H groups in total. The van der Waals surface area contributed by atoms with Crippen LogP contribution < -0.4 is 5.73 Å². The predicted octanol–water partition coefficient (Wildman–Crippen LogP) is 3.74. The van der Waals surface area contributed by atoms with E-state index in [0.29, 0.717) is 24.0 Å². The molecule has 1 saturated heterocycles. The van der Waals surface area contributed by atoms with E-state index in [4.69, 9.17) is 15.0 Å². The van der Waals surface area contributed by atoms with Crippen molar-refractivity contribution in [2.45, 2.75) is 18.8 Å². The molecule has 1 aromatic heterocycles. The summed E-state index contributed by atoms with van der Waals surface area (Å²) in [4.78, 5) is 4.47. The maximum atomic E-state index is 6.05. The smallest absolute Gasteiger partial charge is 0.260 e. The minimum atomic E-state index is 0.207. The lowest BCUT2D eigenvalue weighted by molar-refractivity contribution is 0.0773. The molecular weight excluding hydrogens is 390 g/mol. The number of halogens is 2. The first-order valence-electron chi connectivity index (χ1n) is 6.31. The quantitative estimate of drug-likeness (QED) is 0.774. The van der Waals surface area contributed by atoms with Gasteiger partial charge in [0.05, 0.1) is 17.9 Å². The number of rotatable bonds is 2. The second-order valence-electron chi connectivity index (χ2n) is 4.72. The van der Waals surface area contributed by atoms with Crippen LogP contribution in [0.25, 0.3) is 11.5 Å². The number of hydrogen-bond acceptors (Lipinski definition) is 5. The Labute approximate surface area is 133 Å². The second-order valence-corrected chi connectivity index (χ2v) is 6.49. The molecule has 5 nitrogen and oxygen atoms in total. The van der Waals surface area contributed by atoms with E-state index in [0.717, 1.165) is 34.0 Å². The Balaban J connectivity index is 1.93. The summed E-state index contributed by atoms with van der Waals surface area (Å²) in [5.41, 5.74) is 7.36. The van der Waals surface area contributed by atoms with Gasteiger partial charge in [-0.25, -0.2) is 0 Å². The molecule has 0 bridgehead atoms. The van der Waals surface area contributed by atoms with Crippen LogP contribution in [0.2, 0.25) is 0 Å². The highest BCUT2D eigenvalue weighted by Crippen LogP contribution is 2.35. The Morgan fingerprint density at radius 2 is 2.15 bits per heavy atom. The van der Waals surface area contributed by atoms with Crippen LogP contribution in [-0.2, 0) is 4.74 Å². The number of ether oxygens (including phenoxy) is 1. The Morgan fingerprint density at radius 3 is 2.90 bits per heavy atom. The molecule has 20 heavy (non-hydrogen) atoms. The number of anilines is 1. The van der Waals surface area contributed by atoms with Crippen molar-refractivity contribution in [2.75, 3.05) is 18.9 Å². The van der Waals surface area contributed by atoms with E-state index in [1.54, 1.807) is 0 Å². The highest BCUT2D eigenvalue weighted by Gasteiger charge is 2.23. The van der Waals surface area contributed by atoms with Gasteiger partial charge in [0, 0.05) is 21.5 Å². The Kier molecular flexibility index (Phi) is 4.09. The third-order valence-corrected chi connectivity index (χ3v) is 4.41. The van der Waals surface area contributed by atoms with E-state index < -0.39 is 0 Å². The lowest BCUT2D eigenvalue weighted by Gasteiger charge is -2.18. The molecule has 2 aromatic rings. The third kappa shape index (κ3) is 2.75. The van der Waals surface area contributed by atoms with Gasteiger partial charge in [0.1, 0.15) is 0 Å². The standard InChI is InChI=1S/C13H13Br2N3O2/c14-8-4-9(11(16)10(15)5-8)13-17-12(18-20-13)7-2-1-3-19-6-7/h4-5,7H,1-3,6,16H2. The second kappa shape index (κ2) is 5.83. The Bertz CT molecular complexity index is 624. The molecule has 0 aliphatic carbocycles. The van der Waals surface area contributed by atoms with E-state index in [1.165, 1.54) is 0 Å². The van der Waals surface area contributed by atoms with Crippen molar-refractivity contribution >= 4 is 37.5 Å². The molecule has 0 saturated carbocycles. The summed E-state index contributed by atoms with van der Waals surface area (Å²) in [6, 6.07) is 3.75. The van der Waals surface area contributed by atoms with Crippen LogP contribution in [0.1, 0.15) is 24.6 Å². The average Bonchev–Trinajstić information content (AvgIpc) is 2.93. The Morgan fingerprint density at radius 1 is 1.30 bits per heavy atom. The molecule has 2 heterocycles. The van der Waals surface area contributed by atoms with Crippen molar-refractivity contribution < 1.29 is 9.26 Å². The van der Waals surface area contributed by atoms with Crippen LogP contribution in [-0.4, -0.2) is 23.4 Å². The summed E-state index contributed by atoms with van der Waals surface area (Å²) in [5.74, 6) is 1.33. The fourth-order valence-corrected chi connectivity index (χ4v) is 3.44. The fraction of sp³-hybridized carbons (Fsp3) is 0.385. The highest BCUT2D eigenvalue weighted by molar-refractivity contribution is 9.11. The van der Waals surface area contributed by atoms with Gasteiger partial charge < -0.3 is 15.0 Å². The molecule has 1 fully saturated rings. The van der Waals surface area contributed by atoms with Crippen molar-refractivity contribution in [2.24, 2.45) is 0 Å². The molecule has 1 unspecified atom stereocenters. The molecule has 0 spiro atoms. The maximum Gasteiger partial charge on any atom is 0.260 e. The van der Waals surface area contributed by atoms with Crippen LogP contribution in [0.15, 0.2) is 25.6 Å². The van der Waals surface area contributed by atoms with Gasteiger partial charge in [-0.1, -0.05) is 21.1 Å². The summed E-state index contributed by atoms with van der Waals surface area (Å²) in [6.07, 6.45) is 2.05. The number of nitrogens with zero attached hydrogens (tertiary/aromatic N) is 2. The molecule has 1 aliphatic rings. The lowest BCUT2D eigenvalue weighted by atomic mass is 10.0. The molecule has 1 aromatic carbocycles. The van der Waals surface area contributed by atoms with Gasteiger partial charge in [0.15, 0.2) is 5.82 Å². The van der Waals surface area contributed by atoms with Crippen LogP contribution in [0.4, 0.5) is 5.69 Å². The zero-order valence-electron chi connectivity index (χ0n) is 10.6. The van der Waals surface area contributed by atoms with Gasteiger partial charge >= 0.3 is 0 Å². The normalized spacial score (nSPS) is 19.2. The minimum absolute atomic E-state index is 0.207. The van der Waals surface area contributed by atoms with Gasteiger partial charge in [-0.15, -0.1) is 0 Å². The van der Waals surface area contributed by atoms with Crippen molar-refractivity contribution in [3.8, 4) is 11.5 Å². The summed E-state index contributed by atoms with van der Waals surface area (Å²) < 4.78 is 12.5. The van der Waals surface area contributed by atoms with E-state index in [2.05, 4.69) is 42.0 Å². The lowest BCUT2D eigenvalue weighted by Crippen LogP contribution is -2.16. The summed E-state index contributed by atoms with van der Waals surface area (Å²) in [6.45, 7) is 1.46. The van der Waals surface area contributed by atoms with Gasteiger partial charge in [-0.05, 0) is 40.9 Å². The number of nitrogen functional groups attached to an aromatic ring is 1. The van der Waals surface area contributed by atoms with Gasteiger partial charge in [0.2, 0.25) is 0 Å². The molecule has 106 valence electrons. The van der Waals surface area contributed by atoms with Gasteiger partial charge in [-0.2, -0.15) is 4.98 Å². The van der Waals surface area contributed by atoms with Gasteiger partial charge in [0.25, 0.3) is 5.89 Å². The topological polar surface area (TPSA) is 74.2 Å². The first kappa shape index (κ1) is 14.0. The summed E-state index contributed by atoms with van der Waals surface area (Å²) >= 11 is 6.85. The SMILES string of the molecule is Nc1c(Br)cc(Br)cc1-c1nc(C2CCCOC2)no1. The largest absolute Gasteiger partial charge is 0.397 e. The molecular formula is C13H13Br2N3O2. The van der Waals surface area contributed by atoms with Crippen molar-refractivity contribution in [3.63, 3.8) is 0 Å². The predicted molar refractivity (Wildman–Crippen MR) is 82.3 cm³/mol. The van der Waals surface area contributed by atoms with Crippen LogP contribution >= 0.6 is 31.9 Å². The minimum Gasteiger partial charge on any atom is -0.397 e. The molecule has 0 amide bonds. The third-order valence-electron chi connectivity index (χ3n) is 3.29. The van der Waals surface area contributed by atoms with Crippen molar-refractivity contribution in [3.05, 3.63) is 26.9 Å². The average molecular weight is 403 g/mol. The summed E-state index contributed by atoms with van der Waals surface area (Å²) in [7, 11) is 0. The highest BCUT2D eigenvalue weighted by atomic mass is 79.9. The first-order chi connectivity index (χ1) is 9.65. The number of hydrogen-bond donors (Lipinski definition) is 1. The first-order valence-corrected chi connectivity index (χ1v) is 7.90. The molecule has 7 heteroatoms. The fourth-order valence-electron chi connectivity index (χ4n) is 2.22. The summed E-state index contributed by atoms with van der Waals surface area (Å²) in [5, 5.41) is 4.06. The van der Waals surface area contributed by atoms with Crippen LogP contribution in [0.5, 0.6) is 0 Å². The number of aromatic nitrogens is 2. The molecule has 0 radical (unpaired) electrons. The van der Waals surface area contributed by atoms with Crippen molar-refractivity contribution in [1.82, 2.24) is 10.1 Å². The number of nitrogens with two attached hydrogens (primary N) is 1. The maximum absolute atomic E-state index is 6.05. The van der Waals surface area contributed by atoms with E-state index >= 15 is 0 Å². The zero-order valence-corrected chi connectivity index (χ0v) is 13.8. The van der Waals surface area contributed by atoms with E-state index in [9.17, 15) is 0 Å². The molecule has 1 aliphatic heterocycles. The van der Waals surface area contributed by atoms with Gasteiger partial charge in [-0.3, -0.25) is 0 Å². The monoisotopic (exact) mass is 401 g/mol. The van der Waals surface area contributed by atoms with Crippen molar-refractivity contribution in [1.29, 1.82) is 0 Å². The molecule has 1 atom stereocenters. The Hall–Kier alpha value is -0.920.